The smallest absolute Gasteiger partial charge is 0.321 e. The zero-order valence-corrected chi connectivity index (χ0v) is 17.1. The summed E-state index contributed by atoms with van der Waals surface area (Å²) in [6.45, 7) is 7.20. The molecule has 1 N–H and O–H groups in total. The van der Waals surface area contributed by atoms with Crippen LogP contribution in [0.15, 0.2) is 42.5 Å². The second-order valence-electron chi connectivity index (χ2n) is 7.22. The molecule has 0 atom stereocenters. The third-order valence-corrected chi connectivity index (χ3v) is 5.13. The molecule has 1 aliphatic rings. The van der Waals surface area contributed by atoms with Crippen LogP contribution < -0.4 is 19.7 Å². The Labute approximate surface area is 167 Å². The lowest BCUT2D eigenvalue weighted by molar-refractivity contribution is 0.208. The molecule has 0 bridgehead atoms. The predicted molar refractivity (Wildman–Crippen MR) is 113 cm³/mol. The van der Waals surface area contributed by atoms with Crippen LogP contribution in [-0.4, -0.2) is 51.3 Å². The molecule has 1 fully saturated rings. The number of rotatable bonds is 5. The Morgan fingerprint density at radius 1 is 0.929 bits per heavy atom. The number of carbonyl (C=O) groups is 1. The molecular formula is C22H29N3O3. The van der Waals surface area contributed by atoms with E-state index in [4.69, 9.17) is 9.47 Å². The van der Waals surface area contributed by atoms with E-state index in [9.17, 15) is 4.79 Å². The second-order valence-corrected chi connectivity index (χ2v) is 7.22. The average Bonchev–Trinajstić information content (AvgIpc) is 2.73. The fraction of sp³-hybridized carbons (Fsp3) is 0.409. The molecule has 1 aliphatic heterocycles. The Morgan fingerprint density at radius 3 is 2.14 bits per heavy atom. The third kappa shape index (κ3) is 4.50. The van der Waals surface area contributed by atoms with Gasteiger partial charge >= 0.3 is 6.03 Å². The highest BCUT2D eigenvalue weighted by Gasteiger charge is 2.22. The lowest BCUT2D eigenvalue weighted by Gasteiger charge is -2.36. The van der Waals surface area contributed by atoms with Gasteiger partial charge in [-0.25, -0.2) is 4.79 Å². The van der Waals surface area contributed by atoms with Crippen LogP contribution >= 0.6 is 0 Å². The summed E-state index contributed by atoms with van der Waals surface area (Å²) in [5, 5.41) is 3.00. The number of carbonyl (C=O) groups excluding carboxylic acids is 1. The highest BCUT2D eigenvalue weighted by molar-refractivity contribution is 5.89. The van der Waals surface area contributed by atoms with E-state index in [1.165, 1.54) is 5.56 Å². The number of piperazine rings is 1. The number of benzene rings is 2. The number of hydrogen-bond donors (Lipinski definition) is 1. The Morgan fingerprint density at radius 2 is 1.57 bits per heavy atom. The predicted octanol–water partition coefficient (Wildman–Crippen LogP) is 4.18. The minimum Gasteiger partial charge on any atom is -0.493 e. The molecule has 6 nitrogen and oxygen atoms in total. The van der Waals surface area contributed by atoms with Crippen molar-refractivity contribution in [1.29, 1.82) is 0 Å². The molecule has 2 amide bonds. The maximum atomic E-state index is 12.6. The first-order valence-electron chi connectivity index (χ1n) is 9.64. The van der Waals surface area contributed by atoms with Crippen LogP contribution in [0.5, 0.6) is 11.5 Å². The standard InChI is InChI=1S/C22H29N3O3/c1-16(2)17-5-7-18(8-6-17)23-22(26)25-13-11-24(12-14-25)19-9-10-20(27-3)21(15-19)28-4/h5-10,15-16H,11-14H2,1-4H3,(H,23,26). The Bertz CT molecular complexity index is 797. The minimum atomic E-state index is -0.0516. The molecular weight excluding hydrogens is 354 g/mol. The van der Waals surface area contributed by atoms with Gasteiger partial charge in [-0.15, -0.1) is 0 Å². The summed E-state index contributed by atoms with van der Waals surface area (Å²) in [6, 6.07) is 13.9. The van der Waals surface area contributed by atoms with E-state index in [2.05, 4.69) is 36.2 Å². The van der Waals surface area contributed by atoms with E-state index in [-0.39, 0.29) is 6.03 Å². The number of nitrogens with one attached hydrogen (secondary N) is 1. The zero-order chi connectivity index (χ0) is 20.1. The van der Waals surface area contributed by atoms with Crippen molar-refractivity contribution in [3.05, 3.63) is 48.0 Å². The zero-order valence-electron chi connectivity index (χ0n) is 17.1. The van der Waals surface area contributed by atoms with Gasteiger partial charge < -0.3 is 24.6 Å². The van der Waals surface area contributed by atoms with Gasteiger partial charge in [-0.2, -0.15) is 0 Å². The summed E-state index contributed by atoms with van der Waals surface area (Å²) in [5.74, 6) is 1.91. The monoisotopic (exact) mass is 383 g/mol. The van der Waals surface area contributed by atoms with Gasteiger partial charge in [0.2, 0.25) is 0 Å². The van der Waals surface area contributed by atoms with E-state index in [0.29, 0.717) is 30.5 Å². The summed E-state index contributed by atoms with van der Waals surface area (Å²) in [6.07, 6.45) is 0. The van der Waals surface area contributed by atoms with Crippen molar-refractivity contribution in [1.82, 2.24) is 4.90 Å². The molecule has 6 heteroatoms. The first kappa shape index (κ1) is 19.9. The number of methoxy groups -OCH3 is 2. The molecule has 0 aliphatic carbocycles. The Hall–Kier alpha value is -2.89. The van der Waals surface area contributed by atoms with Gasteiger partial charge in [-0.3, -0.25) is 0 Å². The van der Waals surface area contributed by atoms with E-state index in [0.717, 1.165) is 24.5 Å². The van der Waals surface area contributed by atoms with Crippen molar-refractivity contribution in [2.75, 3.05) is 50.6 Å². The van der Waals surface area contributed by atoms with Gasteiger partial charge in [0.15, 0.2) is 11.5 Å². The molecule has 150 valence electrons. The second kappa shape index (κ2) is 8.87. The van der Waals surface area contributed by atoms with Gasteiger partial charge in [0.05, 0.1) is 14.2 Å². The van der Waals surface area contributed by atoms with Crippen LogP contribution in [0.2, 0.25) is 0 Å². The van der Waals surface area contributed by atoms with E-state index in [1.807, 2.05) is 35.2 Å². The molecule has 1 saturated heterocycles. The van der Waals surface area contributed by atoms with Crippen LogP contribution in [0, 0.1) is 0 Å². The molecule has 2 aromatic carbocycles. The van der Waals surface area contributed by atoms with E-state index in [1.54, 1.807) is 14.2 Å². The molecule has 0 saturated carbocycles. The summed E-state index contributed by atoms with van der Waals surface area (Å²) >= 11 is 0. The molecule has 28 heavy (non-hydrogen) atoms. The Balaban J connectivity index is 1.56. The van der Waals surface area contributed by atoms with Crippen molar-refractivity contribution < 1.29 is 14.3 Å². The molecule has 0 spiro atoms. The van der Waals surface area contributed by atoms with Crippen molar-refractivity contribution in [3.63, 3.8) is 0 Å². The number of amides is 2. The number of anilines is 2. The third-order valence-electron chi connectivity index (χ3n) is 5.13. The van der Waals surface area contributed by atoms with Crippen molar-refractivity contribution in [2.45, 2.75) is 19.8 Å². The minimum absolute atomic E-state index is 0.0516. The highest BCUT2D eigenvalue weighted by atomic mass is 16.5. The van der Waals surface area contributed by atoms with Crippen LogP contribution in [0.1, 0.15) is 25.3 Å². The van der Waals surface area contributed by atoms with Crippen LogP contribution in [0.3, 0.4) is 0 Å². The first-order valence-corrected chi connectivity index (χ1v) is 9.64. The SMILES string of the molecule is COc1ccc(N2CCN(C(=O)Nc3ccc(C(C)C)cc3)CC2)cc1OC. The maximum absolute atomic E-state index is 12.6. The molecule has 2 aromatic rings. The molecule has 0 unspecified atom stereocenters. The largest absolute Gasteiger partial charge is 0.493 e. The van der Waals surface area contributed by atoms with E-state index < -0.39 is 0 Å². The number of nitrogens with zero attached hydrogens (tertiary/aromatic N) is 2. The Kier molecular flexibility index (Phi) is 6.29. The van der Waals surface area contributed by atoms with E-state index >= 15 is 0 Å². The van der Waals surface area contributed by atoms with Crippen LogP contribution in [0.25, 0.3) is 0 Å². The topological polar surface area (TPSA) is 54.0 Å². The summed E-state index contributed by atoms with van der Waals surface area (Å²) in [5.41, 5.74) is 3.17. The van der Waals surface area contributed by atoms with Gasteiger partial charge in [0.25, 0.3) is 0 Å². The molecule has 0 radical (unpaired) electrons. The lowest BCUT2D eigenvalue weighted by Crippen LogP contribution is -2.50. The summed E-state index contributed by atoms with van der Waals surface area (Å²) in [7, 11) is 3.27. The molecule has 1 heterocycles. The van der Waals surface area contributed by atoms with Crippen molar-refractivity contribution >= 4 is 17.4 Å². The number of urea groups is 1. The molecule has 3 rings (SSSR count). The lowest BCUT2D eigenvalue weighted by atomic mass is 10.0. The van der Waals surface area contributed by atoms with Gasteiger partial charge in [-0.05, 0) is 35.7 Å². The fourth-order valence-electron chi connectivity index (χ4n) is 3.34. The average molecular weight is 383 g/mol. The fourth-order valence-corrected chi connectivity index (χ4v) is 3.34. The first-order chi connectivity index (χ1) is 13.5. The van der Waals surface area contributed by atoms with Crippen molar-refractivity contribution in [3.8, 4) is 11.5 Å². The van der Waals surface area contributed by atoms with Crippen LogP contribution in [0.4, 0.5) is 16.2 Å². The van der Waals surface area contributed by atoms with Gasteiger partial charge in [0, 0.05) is 43.6 Å². The van der Waals surface area contributed by atoms with Gasteiger partial charge in [-0.1, -0.05) is 26.0 Å². The maximum Gasteiger partial charge on any atom is 0.321 e. The molecule has 0 aromatic heterocycles. The summed E-state index contributed by atoms with van der Waals surface area (Å²) < 4.78 is 10.7. The van der Waals surface area contributed by atoms with Gasteiger partial charge in [0.1, 0.15) is 0 Å². The number of hydrogen-bond acceptors (Lipinski definition) is 4. The highest BCUT2D eigenvalue weighted by Crippen LogP contribution is 2.31. The van der Waals surface area contributed by atoms with Crippen molar-refractivity contribution in [2.24, 2.45) is 0 Å². The van der Waals surface area contributed by atoms with Crippen LogP contribution in [-0.2, 0) is 0 Å². The summed E-state index contributed by atoms with van der Waals surface area (Å²) in [4.78, 5) is 16.7. The quantitative estimate of drug-likeness (QED) is 0.841. The number of ether oxygens (including phenoxy) is 2. The normalized spacial score (nSPS) is 14.2.